The van der Waals surface area contributed by atoms with Crippen molar-refractivity contribution >= 4 is 11.4 Å². The Bertz CT molecular complexity index is 252. The third kappa shape index (κ3) is 3.29. The summed E-state index contributed by atoms with van der Waals surface area (Å²) >= 11 is 0. The van der Waals surface area contributed by atoms with Crippen molar-refractivity contribution in [2.75, 3.05) is 31.3 Å². The number of ether oxygens (including phenoxy) is 1. The molecular weight excluding hydrogens is 166 g/mol. The van der Waals surface area contributed by atoms with E-state index in [-0.39, 0.29) is 0 Å². The van der Waals surface area contributed by atoms with E-state index in [0.29, 0.717) is 5.69 Å². The number of nitrogen functional groups attached to an aromatic ring is 1. The monoisotopic (exact) mass is 181 g/mol. The number of hydrogen-bond donors (Lipinski definition) is 2. The summed E-state index contributed by atoms with van der Waals surface area (Å²) in [6, 6.07) is 1.86. The van der Waals surface area contributed by atoms with E-state index in [4.69, 9.17) is 10.5 Å². The summed E-state index contributed by atoms with van der Waals surface area (Å²) < 4.78 is 4.93. The van der Waals surface area contributed by atoms with E-state index < -0.39 is 0 Å². The molecule has 0 radical (unpaired) electrons. The van der Waals surface area contributed by atoms with Gasteiger partial charge in [0.1, 0.15) is 0 Å². The van der Waals surface area contributed by atoms with E-state index in [2.05, 4.69) is 10.3 Å². The normalized spacial score (nSPS) is 9.92. The highest BCUT2D eigenvalue weighted by Gasteiger charge is 1.95. The Labute approximate surface area is 78.1 Å². The fourth-order valence-electron chi connectivity index (χ4n) is 1.01. The Morgan fingerprint density at radius 3 is 3.15 bits per heavy atom. The largest absolute Gasteiger partial charge is 0.396 e. The van der Waals surface area contributed by atoms with Gasteiger partial charge in [-0.3, -0.25) is 4.98 Å². The van der Waals surface area contributed by atoms with Gasteiger partial charge in [0.15, 0.2) is 0 Å². The third-order valence-corrected chi connectivity index (χ3v) is 1.69. The van der Waals surface area contributed by atoms with Crippen molar-refractivity contribution in [1.82, 2.24) is 4.98 Å². The van der Waals surface area contributed by atoms with E-state index in [1.807, 2.05) is 6.07 Å². The molecule has 3 N–H and O–H groups in total. The van der Waals surface area contributed by atoms with Crippen LogP contribution in [0.3, 0.4) is 0 Å². The molecule has 1 heterocycles. The van der Waals surface area contributed by atoms with Crippen LogP contribution in [0.4, 0.5) is 11.4 Å². The van der Waals surface area contributed by atoms with E-state index in [1.54, 1.807) is 19.5 Å². The van der Waals surface area contributed by atoms with Crippen LogP contribution in [0.2, 0.25) is 0 Å². The van der Waals surface area contributed by atoms with Crippen LogP contribution in [0.25, 0.3) is 0 Å². The minimum atomic E-state index is 0.680. The van der Waals surface area contributed by atoms with Crippen molar-refractivity contribution in [3.8, 4) is 0 Å². The molecule has 0 spiro atoms. The van der Waals surface area contributed by atoms with Crippen LogP contribution in [0.1, 0.15) is 6.42 Å². The van der Waals surface area contributed by atoms with Crippen LogP contribution >= 0.6 is 0 Å². The standard InChI is InChI=1S/C9H15N3O/c1-13-6-2-4-12-9-3-5-11-7-8(9)10/h3,5,7H,2,4,6,10H2,1H3,(H,11,12). The van der Waals surface area contributed by atoms with E-state index in [1.165, 1.54) is 0 Å². The lowest BCUT2D eigenvalue weighted by molar-refractivity contribution is 0.198. The molecule has 0 aliphatic rings. The second-order valence-electron chi connectivity index (χ2n) is 2.74. The Morgan fingerprint density at radius 1 is 1.62 bits per heavy atom. The zero-order valence-corrected chi connectivity index (χ0v) is 7.79. The number of methoxy groups -OCH3 is 1. The van der Waals surface area contributed by atoms with Crippen molar-refractivity contribution in [3.63, 3.8) is 0 Å². The molecule has 1 aromatic rings. The van der Waals surface area contributed by atoms with Gasteiger partial charge in [-0.05, 0) is 12.5 Å². The molecule has 1 rings (SSSR count). The third-order valence-electron chi connectivity index (χ3n) is 1.69. The van der Waals surface area contributed by atoms with Crippen molar-refractivity contribution in [2.24, 2.45) is 0 Å². The van der Waals surface area contributed by atoms with Gasteiger partial charge in [0, 0.05) is 26.5 Å². The SMILES string of the molecule is COCCCNc1ccncc1N. The molecule has 0 amide bonds. The Morgan fingerprint density at radius 2 is 2.46 bits per heavy atom. The topological polar surface area (TPSA) is 60.2 Å². The van der Waals surface area contributed by atoms with Crippen molar-refractivity contribution in [3.05, 3.63) is 18.5 Å². The smallest absolute Gasteiger partial charge is 0.0736 e. The average Bonchev–Trinajstić information content (AvgIpc) is 2.15. The molecule has 4 nitrogen and oxygen atoms in total. The van der Waals surface area contributed by atoms with Crippen molar-refractivity contribution in [2.45, 2.75) is 6.42 Å². The number of pyridine rings is 1. The second-order valence-corrected chi connectivity index (χ2v) is 2.74. The van der Waals surface area contributed by atoms with Gasteiger partial charge in [-0.2, -0.15) is 0 Å². The number of nitrogens with one attached hydrogen (secondary N) is 1. The van der Waals surface area contributed by atoms with Gasteiger partial charge >= 0.3 is 0 Å². The highest BCUT2D eigenvalue weighted by molar-refractivity contribution is 5.63. The lowest BCUT2D eigenvalue weighted by atomic mass is 10.3. The van der Waals surface area contributed by atoms with Crippen LogP contribution in [-0.2, 0) is 4.74 Å². The van der Waals surface area contributed by atoms with Crippen molar-refractivity contribution in [1.29, 1.82) is 0 Å². The first-order valence-electron chi connectivity index (χ1n) is 4.27. The molecule has 0 saturated heterocycles. The Hall–Kier alpha value is -1.29. The zero-order chi connectivity index (χ0) is 9.52. The van der Waals surface area contributed by atoms with Gasteiger partial charge in [-0.25, -0.2) is 0 Å². The van der Waals surface area contributed by atoms with Gasteiger partial charge < -0.3 is 15.8 Å². The van der Waals surface area contributed by atoms with Gasteiger partial charge in [-0.15, -0.1) is 0 Å². The summed E-state index contributed by atoms with van der Waals surface area (Å²) in [4.78, 5) is 3.90. The van der Waals surface area contributed by atoms with Crippen LogP contribution in [0.5, 0.6) is 0 Å². The summed E-state index contributed by atoms with van der Waals surface area (Å²) in [5.41, 5.74) is 7.30. The molecule has 0 saturated carbocycles. The number of nitrogens with zero attached hydrogens (tertiary/aromatic N) is 1. The number of nitrogens with two attached hydrogens (primary N) is 1. The lowest BCUT2D eigenvalue weighted by Crippen LogP contribution is -2.06. The van der Waals surface area contributed by atoms with Crippen LogP contribution in [0.15, 0.2) is 18.5 Å². The molecule has 0 atom stereocenters. The van der Waals surface area contributed by atoms with Crippen molar-refractivity contribution < 1.29 is 4.74 Å². The highest BCUT2D eigenvalue weighted by atomic mass is 16.5. The molecule has 72 valence electrons. The van der Waals surface area contributed by atoms with Gasteiger partial charge in [0.2, 0.25) is 0 Å². The Balaban J connectivity index is 2.32. The average molecular weight is 181 g/mol. The molecule has 1 aromatic heterocycles. The molecule has 0 aliphatic carbocycles. The molecule has 4 heteroatoms. The molecule has 0 bridgehead atoms. The minimum absolute atomic E-state index is 0.680. The van der Waals surface area contributed by atoms with Gasteiger partial charge in [-0.1, -0.05) is 0 Å². The molecule has 0 aromatic carbocycles. The summed E-state index contributed by atoms with van der Waals surface area (Å²) in [7, 11) is 1.70. The summed E-state index contributed by atoms with van der Waals surface area (Å²) in [5.74, 6) is 0. The predicted octanol–water partition coefficient (Wildman–Crippen LogP) is 1.11. The summed E-state index contributed by atoms with van der Waals surface area (Å²) in [5, 5.41) is 3.20. The van der Waals surface area contributed by atoms with Crippen LogP contribution in [-0.4, -0.2) is 25.2 Å². The number of anilines is 2. The zero-order valence-electron chi connectivity index (χ0n) is 7.79. The Kier molecular flexibility index (Phi) is 4.05. The molecular formula is C9H15N3O. The second kappa shape index (κ2) is 5.37. The maximum atomic E-state index is 5.68. The van der Waals surface area contributed by atoms with E-state index in [0.717, 1.165) is 25.3 Å². The summed E-state index contributed by atoms with van der Waals surface area (Å²) in [6.45, 7) is 1.63. The fraction of sp³-hybridized carbons (Fsp3) is 0.444. The number of rotatable bonds is 5. The molecule has 0 aliphatic heterocycles. The highest BCUT2D eigenvalue weighted by Crippen LogP contribution is 2.14. The maximum Gasteiger partial charge on any atom is 0.0736 e. The number of hydrogen-bond acceptors (Lipinski definition) is 4. The first kappa shape index (κ1) is 9.80. The van der Waals surface area contributed by atoms with Crippen LogP contribution < -0.4 is 11.1 Å². The van der Waals surface area contributed by atoms with Crippen LogP contribution in [0, 0.1) is 0 Å². The summed E-state index contributed by atoms with van der Waals surface area (Å²) in [6.07, 6.45) is 4.33. The lowest BCUT2D eigenvalue weighted by Gasteiger charge is -2.07. The van der Waals surface area contributed by atoms with E-state index in [9.17, 15) is 0 Å². The molecule has 13 heavy (non-hydrogen) atoms. The predicted molar refractivity (Wildman–Crippen MR) is 53.6 cm³/mol. The number of aromatic nitrogens is 1. The molecule has 0 unspecified atom stereocenters. The molecule has 0 fully saturated rings. The van der Waals surface area contributed by atoms with Gasteiger partial charge in [0.25, 0.3) is 0 Å². The quantitative estimate of drug-likeness (QED) is 0.668. The maximum absolute atomic E-state index is 5.68. The first-order chi connectivity index (χ1) is 6.34. The van der Waals surface area contributed by atoms with Gasteiger partial charge in [0.05, 0.1) is 17.6 Å². The minimum Gasteiger partial charge on any atom is -0.396 e. The first-order valence-corrected chi connectivity index (χ1v) is 4.27. The van der Waals surface area contributed by atoms with E-state index >= 15 is 0 Å². The fourth-order valence-corrected chi connectivity index (χ4v) is 1.01.